The Morgan fingerprint density at radius 2 is 1.80 bits per heavy atom. The van der Waals surface area contributed by atoms with Crippen molar-refractivity contribution in [2.75, 3.05) is 31.1 Å². The van der Waals surface area contributed by atoms with E-state index in [1.807, 2.05) is 29.2 Å². The normalized spacial score (nSPS) is 16.7. The van der Waals surface area contributed by atoms with Gasteiger partial charge >= 0.3 is 0 Å². The summed E-state index contributed by atoms with van der Waals surface area (Å²) in [6.07, 6.45) is 5.63. The molecule has 2 aliphatic rings. The molecule has 35 heavy (non-hydrogen) atoms. The number of thiophene rings is 1. The number of anilines is 1. The van der Waals surface area contributed by atoms with Crippen molar-refractivity contribution in [2.45, 2.75) is 45.2 Å². The van der Waals surface area contributed by atoms with E-state index in [2.05, 4.69) is 15.2 Å². The predicted octanol–water partition coefficient (Wildman–Crippen LogP) is 3.44. The van der Waals surface area contributed by atoms with Crippen LogP contribution in [-0.2, 0) is 11.3 Å². The lowest BCUT2D eigenvalue weighted by atomic mass is 10.2. The van der Waals surface area contributed by atoms with E-state index in [9.17, 15) is 14.4 Å². The van der Waals surface area contributed by atoms with Gasteiger partial charge in [-0.05, 0) is 49.6 Å². The zero-order valence-corrected chi connectivity index (χ0v) is 21.2. The van der Waals surface area contributed by atoms with Gasteiger partial charge in [-0.1, -0.05) is 24.4 Å². The summed E-state index contributed by atoms with van der Waals surface area (Å²) >= 11 is 7.24. The molecule has 2 fully saturated rings. The van der Waals surface area contributed by atoms with Crippen molar-refractivity contribution in [3.63, 3.8) is 0 Å². The molecule has 184 valence electrons. The lowest BCUT2D eigenvalue weighted by molar-refractivity contribution is -0.122. The average Bonchev–Trinajstić information content (AvgIpc) is 3.49. The molecule has 1 aliphatic carbocycles. The lowest BCUT2D eigenvalue weighted by Gasteiger charge is -2.36. The Labute approximate surface area is 212 Å². The van der Waals surface area contributed by atoms with E-state index in [1.54, 1.807) is 6.92 Å². The molecule has 1 aromatic carbocycles. The van der Waals surface area contributed by atoms with Crippen LogP contribution in [-0.4, -0.2) is 58.5 Å². The van der Waals surface area contributed by atoms with E-state index in [4.69, 9.17) is 11.6 Å². The van der Waals surface area contributed by atoms with Crippen molar-refractivity contribution < 1.29 is 9.59 Å². The molecular formula is C25H28ClN5O3S. The lowest BCUT2D eigenvalue weighted by Crippen LogP contribution is -2.48. The van der Waals surface area contributed by atoms with E-state index in [0.717, 1.165) is 44.5 Å². The molecular weight excluding hydrogens is 486 g/mol. The van der Waals surface area contributed by atoms with Crippen LogP contribution in [0.5, 0.6) is 0 Å². The van der Waals surface area contributed by atoms with Crippen molar-refractivity contribution in [3.8, 4) is 0 Å². The van der Waals surface area contributed by atoms with E-state index < -0.39 is 0 Å². The molecule has 2 amide bonds. The van der Waals surface area contributed by atoms with Crippen LogP contribution in [0.3, 0.4) is 0 Å². The van der Waals surface area contributed by atoms with Crippen LogP contribution < -0.4 is 15.8 Å². The van der Waals surface area contributed by atoms with Crippen LogP contribution in [0.1, 0.15) is 40.9 Å². The Bertz CT molecular complexity index is 1310. The number of nitrogens with zero attached hydrogens (tertiary/aromatic N) is 4. The molecule has 0 bridgehead atoms. The third-order valence-electron chi connectivity index (χ3n) is 6.90. The highest BCUT2D eigenvalue weighted by atomic mass is 35.5. The number of carbonyl (C=O) groups is 2. The van der Waals surface area contributed by atoms with Gasteiger partial charge in [0.05, 0.1) is 16.6 Å². The highest BCUT2D eigenvalue weighted by Crippen LogP contribution is 2.29. The number of aryl methyl sites for hydroxylation is 1. The summed E-state index contributed by atoms with van der Waals surface area (Å²) in [5.74, 6) is -0.255. The van der Waals surface area contributed by atoms with Crippen LogP contribution in [0, 0.1) is 6.92 Å². The van der Waals surface area contributed by atoms with Crippen molar-refractivity contribution in [1.29, 1.82) is 0 Å². The monoisotopic (exact) mass is 513 g/mol. The fourth-order valence-electron chi connectivity index (χ4n) is 4.94. The summed E-state index contributed by atoms with van der Waals surface area (Å²) in [7, 11) is 0. The molecule has 0 atom stereocenters. The molecule has 10 heteroatoms. The molecule has 0 radical (unpaired) electrons. The first-order valence-corrected chi connectivity index (χ1v) is 13.2. The fraction of sp³-hybridized carbons (Fsp3) is 0.440. The third kappa shape index (κ3) is 4.92. The van der Waals surface area contributed by atoms with E-state index >= 15 is 0 Å². The first kappa shape index (κ1) is 23.8. The maximum absolute atomic E-state index is 13.3. The molecule has 2 aromatic heterocycles. The Kier molecular flexibility index (Phi) is 6.80. The van der Waals surface area contributed by atoms with Gasteiger partial charge in [0.15, 0.2) is 0 Å². The largest absolute Gasteiger partial charge is 0.368 e. The van der Waals surface area contributed by atoms with Gasteiger partial charge in [-0.2, -0.15) is 0 Å². The van der Waals surface area contributed by atoms with Crippen LogP contribution in [0.2, 0.25) is 5.02 Å². The number of amides is 2. The number of rotatable bonds is 5. The molecule has 8 nitrogen and oxygen atoms in total. The molecule has 1 saturated carbocycles. The maximum atomic E-state index is 13.3. The second-order valence-corrected chi connectivity index (χ2v) is 10.7. The van der Waals surface area contributed by atoms with Crippen molar-refractivity contribution in [3.05, 3.63) is 56.4 Å². The Hall–Kier alpha value is -2.91. The standard InChI is InChI=1S/C25H28ClN5O3S/c1-16-21-23(27-15-31(24(21)33)14-20(32)28-18-4-2-3-5-18)35-22(16)25(34)30-12-10-29(11-13-30)19-8-6-17(26)7-9-19/h6-9,15,18H,2-5,10-14H2,1H3,(H,28,32). The Morgan fingerprint density at radius 1 is 1.11 bits per heavy atom. The topological polar surface area (TPSA) is 87.5 Å². The fourth-order valence-corrected chi connectivity index (χ4v) is 6.17. The number of nitrogens with one attached hydrogen (secondary N) is 1. The minimum Gasteiger partial charge on any atom is -0.368 e. The van der Waals surface area contributed by atoms with Gasteiger partial charge in [0.2, 0.25) is 5.91 Å². The SMILES string of the molecule is Cc1c(C(=O)N2CCN(c3ccc(Cl)cc3)CC2)sc2ncn(CC(=O)NC3CCCC3)c(=O)c12. The molecule has 1 saturated heterocycles. The molecule has 0 unspecified atom stereocenters. The van der Waals surface area contributed by atoms with Gasteiger partial charge in [-0.3, -0.25) is 19.0 Å². The van der Waals surface area contributed by atoms with Gasteiger partial charge in [0.1, 0.15) is 11.4 Å². The highest BCUT2D eigenvalue weighted by molar-refractivity contribution is 7.20. The number of hydrogen-bond donors (Lipinski definition) is 1. The minimum atomic E-state index is -0.281. The van der Waals surface area contributed by atoms with Gasteiger partial charge < -0.3 is 15.1 Å². The predicted molar refractivity (Wildman–Crippen MR) is 139 cm³/mol. The molecule has 0 spiro atoms. The molecule has 1 N–H and O–H groups in total. The van der Waals surface area contributed by atoms with Crippen molar-refractivity contribution in [2.24, 2.45) is 0 Å². The molecule has 3 aromatic rings. The van der Waals surface area contributed by atoms with E-state index in [-0.39, 0.29) is 30.0 Å². The second-order valence-electron chi connectivity index (χ2n) is 9.22. The summed E-state index contributed by atoms with van der Waals surface area (Å²) in [6.45, 7) is 4.35. The summed E-state index contributed by atoms with van der Waals surface area (Å²) in [4.78, 5) is 48.5. The number of aromatic nitrogens is 2. The number of fused-ring (bicyclic) bond motifs is 1. The Morgan fingerprint density at radius 3 is 2.49 bits per heavy atom. The molecule has 5 rings (SSSR count). The van der Waals surface area contributed by atoms with Crippen LogP contribution >= 0.6 is 22.9 Å². The summed E-state index contributed by atoms with van der Waals surface area (Å²) in [5, 5.41) is 4.13. The smallest absolute Gasteiger partial charge is 0.264 e. The van der Waals surface area contributed by atoms with Crippen LogP contribution in [0.15, 0.2) is 35.4 Å². The van der Waals surface area contributed by atoms with Gasteiger partial charge in [-0.25, -0.2) is 4.98 Å². The minimum absolute atomic E-state index is 0.0660. The molecule has 1 aliphatic heterocycles. The average molecular weight is 514 g/mol. The number of benzene rings is 1. The first-order valence-electron chi connectivity index (χ1n) is 12.0. The summed E-state index contributed by atoms with van der Waals surface area (Å²) in [6, 6.07) is 7.91. The third-order valence-corrected chi connectivity index (χ3v) is 8.34. The number of piperazine rings is 1. The summed E-state index contributed by atoms with van der Waals surface area (Å²) < 4.78 is 1.34. The second kappa shape index (κ2) is 9.99. The number of carbonyl (C=O) groups excluding carboxylic acids is 2. The first-order chi connectivity index (χ1) is 16.9. The van der Waals surface area contributed by atoms with Crippen molar-refractivity contribution in [1.82, 2.24) is 19.8 Å². The van der Waals surface area contributed by atoms with Crippen LogP contribution in [0.25, 0.3) is 10.2 Å². The quantitative estimate of drug-likeness (QED) is 0.564. The zero-order valence-electron chi connectivity index (χ0n) is 19.6. The van der Waals surface area contributed by atoms with E-state index in [0.29, 0.717) is 38.8 Å². The van der Waals surface area contributed by atoms with Crippen molar-refractivity contribution >= 4 is 50.7 Å². The van der Waals surface area contributed by atoms with Gasteiger partial charge in [-0.15, -0.1) is 11.3 Å². The highest BCUT2D eigenvalue weighted by Gasteiger charge is 2.27. The number of halogens is 1. The zero-order chi connectivity index (χ0) is 24.5. The van der Waals surface area contributed by atoms with Gasteiger partial charge in [0.25, 0.3) is 11.5 Å². The number of hydrogen-bond acceptors (Lipinski definition) is 6. The Balaban J connectivity index is 1.29. The maximum Gasteiger partial charge on any atom is 0.264 e. The van der Waals surface area contributed by atoms with Gasteiger partial charge in [0, 0.05) is 42.9 Å². The van der Waals surface area contributed by atoms with Crippen LogP contribution in [0.4, 0.5) is 5.69 Å². The summed E-state index contributed by atoms with van der Waals surface area (Å²) in [5.41, 5.74) is 1.44. The van der Waals surface area contributed by atoms with E-state index in [1.165, 1.54) is 22.2 Å². The molecule has 3 heterocycles.